The van der Waals surface area contributed by atoms with Gasteiger partial charge in [-0.1, -0.05) is 5.92 Å². The molecule has 0 fully saturated rings. The molecule has 1 atom stereocenters. The third-order valence-electron chi connectivity index (χ3n) is 1.44. The van der Waals surface area contributed by atoms with Crippen LogP contribution in [0.4, 0.5) is 0 Å². The first-order valence-corrected chi connectivity index (χ1v) is 3.22. The molecule has 1 N–H and O–H groups in total. The van der Waals surface area contributed by atoms with Crippen LogP contribution in [0.2, 0.25) is 0 Å². The Bertz CT molecular complexity index is 254. The standard InChI is InChI=1S/C8H10N2/c1-4-6(2)8-5-7(3)9-10-8/h1,5-6H,2-3H3,(H,9,10)/t6-/m1/s1. The molecule has 0 saturated heterocycles. The lowest BCUT2D eigenvalue weighted by atomic mass is 10.1. The van der Waals surface area contributed by atoms with Crippen molar-refractivity contribution in [3.05, 3.63) is 17.5 Å². The Morgan fingerprint density at radius 2 is 2.50 bits per heavy atom. The van der Waals surface area contributed by atoms with Crippen molar-refractivity contribution in [1.29, 1.82) is 0 Å². The van der Waals surface area contributed by atoms with Gasteiger partial charge in [-0.05, 0) is 19.9 Å². The van der Waals surface area contributed by atoms with E-state index >= 15 is 0 Å². The van der Waals surface area contributed by atoms with Crippen LogP contribution in [0.15, 0.2) is 6.07 Å². The van der Waals surface area contributed by atoms with Crippen molar-refractivity contribution >= 4 is 0 Å². The fourth-order valence-electron chi connectivity index (χ4n) is 0.754. The van der Waals surface area contributed by atoms with Gasteiger partial charge in [0.15, 0.2) is 0 Å². The third kappa shape index (κ3) is 1.19. The highest BCUT2D eigenvalue weighted by atomic mass is 15.1. The number of rotatable bonds is 1. The number of aromatic amines is 1. The third-order valence-corrected chi connectivity index (χ3v) is 1.44. The number of terminal acetylenes is 1. The highest BCUT2D eigenvalue weighted by molar-refractivity contribution is 5.18. The number of aryl methyl sites for hydroxylation is 1. The molecule has 0 aliphatic rings. The molecule has 0 aliphatic heterocycles. The second-order valence-corrected chi connectivity index (χ2v) is 2.35. The van der Waals surface area contributed by atoms with Gasteiger partial charge >= 0.3 is 0 Å². The lowest BCUT2D eigenvalue weighted by molar-refractivity contribution is 0.902. The molecule has 2 nitrogen and oxygen atoms in total. The van der Waals surface area contributed by atoms with Gasteiger partial charge in [0.05, 0.1) is 17.3 Å². The van der Waals surface area contributed by atoms with Crippen molar-refractivity contribution < 1.29 is 0 Å². The first-order chi connectivity index (χ1) is 4.74. The molecule has 0 unspecified atom stereocenters. The quantitative estimate of drug-likeness (QED) is 0.579. The van der Waals surface area contributed by atoms with Gasteiger partial charge in [-0.25, -0.2) is 0 Å². The second kappa shape index (κ2) is 2.57. The van der Waals surface area contributed by atoms with Crippen LogP contribution >= 0.6 is 0 Å². The molecule has 1 aromatic heterocycles. The molecule has 1 heterocycles. The summed E-state index contributed by atoms with van der Waals surface area (Å²) in [5, 5.41) is 6.83. The molecule has 1 rings (SSSR count). The predicted molar refractivity (Wildman–Crippen MR) is 40.6 cm³/mol. The Kier molecular flexibility index (Phi) is 1.77. The summed E-state index contributed by atoms with van der Waals surface area (Å²) >= 11 is 0. The summed E-state index contributed by atoms with van der Waals surface area (Å²) in [5.41, 5.74) is 2.00. The van der Waals surface area contributed by atoms with E-state index in [1.54, 1.807) is 0 Å². The second-order valence-electron chi connectivity index (χ2n) is 2.35. The summed E-state index contributed by atoms with van der Waals surface area (Å²) < 4.78 is 0. The minimum absolute atomic E-state index is 0.140. The van der Waals surface area contributed by atoms with Crippen LogP contribution in [-0.4, -0.2) is 10.2 Å². The zero-order valence-electron chi connectivity index (χ0n) is 6.18. The summed E-state index contributed by atoms with van der Waals surface area (Å²) in [4.78, 5) is 0. The van der Waals surface area contributed by atoms with E-state index < -0.39 is 0 Å². The average molecular weight is 134 g/mol. The van der Waals surface area contributed by atoms with Gasteiger partial charge in [0.1, 0.15) is 0 Å². The van der Waals surface area contributed by atoms with E-state index in [2.05, 4.69) is 16.1 Å². The number of nitrogens with zero attached hydrogens (tertiary/aromatic N) is 1. The van der Waals surface area contributed by atoms with Crippen LogP contribution in [0.1, 0.15) is 24.2 Å². The Hall–Kier alpha value is -1.23. The summed E-state index contributed by atoms with van der Waals surface area (Å²) in [6, 6.07) is 1.96. The highest BCUT2D eigenvalue weighted by Crippen LogP contribution is 2.10. The van der Waals surface area contributed by atoms with Gasteiger partial charge in [0.25, 0.3) is 0 Å². The van der Waals surface area contributed by atoms with Crippen molar-refractivity contribution in [3.8, 4) is 12.3 Å². The van der Waals surface area contributed by atoms with Gasteiger partial charge in [-0.2, -0.15) is 5.10 Å². The zero-order chi connectivity index (χ0) is 7.56. The van der Waals surface area contributed by atoms with E-state index in [0.717, 1.165) is 11.4 Å². The van der Waals surface area contributed by atoms with E-state index in [-0.39, 0.29) is 5.92 Å². The number of aromatic nitrogens is 2. The van der Waals surface area contributed by atoms with E-state index in [1.807, 2.05) is 19.9 Å². The first-order valence-electron chi connectivity index (χ1n) is 3.22. The minimum Gasteiger partial charge on any atom is -0.281 e. The van der Waals surface area contributed by atoms with E-state index in [9.17, 15) is 0 Å². The van der Waals surface area contributed by atoms with Gasteiger partial charge in [0, 0.05) is 0 Å². The molecular weight excluding hydrogens is 124 g/mol. The largest absolute Gasteiger partial charge is 0.281 e. The van der Waals surface area contributed by atoms with Crippen LogP contribution < -0.4 is 0 Å². The predicted octanol–water partition coefficient (Wildman–Crippen LogP) is 1.45. The van der Waals surface area contributed by atoms with Crippen LogP contribution in [-0.2, 0) is 0 Å². The van der Waals surface area contributed by atoms with Crippen LogP contribution in [0.5, 0.6) is 0 Å². The molecule has 0 radical (unpaired) electrons. The Morgan fingerprint density at radius 1 is 1.80 bits per heavy atom. The van der Waals surface area contributed by atoms with Crippen molar-refractivity contribution in [3.63, 3.8) is 0 Å². The average Bonchev–Trinajstić information content (AvgIpc) is 2.34. The fourth-order valence-corrected chi connectivity index (χ4v) is 0.754. The number of hydrogen-bond acceptors (Lipinski definition) is 1. The monoisotopic (exact) mass is 134 g/mol. The minimum atomic E-state index is 0.140. The Morgan fingerprint density at radius 3 is 2.90 bits per heavy atom. The molecule has 0 aliphatic carbocycles. The van der Waals surface area contributed by atoms with Crippen molar-refractivity contribution in [1.82, 2.24) is 10.2 Å². The van der Waals surface area contributed by atoms with Crippen molar-refractivity contribution in [2.45, 2.75) is 19.8 Å². The van der Waals surface area contributed by atoms with E-state index in [0.29, 0.717) is 0 Å². The summed E-state index contributed by atoms with van der Waals surface area (Å²) in [7, 11) is 0. The van der Waals surface area contributed by atoms with Crippen molar-refractivity contribution in [2.24, 2.45) is 0 Å². The molecule has 1 aromatic rings. The van der Waals surface area contributed by atoms with Crippen molar-refractivity contribution in [2.75, 3.05) is 0 Å². The molecule has 2 heteroatoms. The Labute approximate surface area is 60.7 Å². The molecular formula is C8H10N2. The van der Waals surface area contributed by atoms with Gasteiger partial charge in [0.2, 0.25) is 0 Å². The molecule has 10 heavy (non-hydrogen) atoms. The molecule has 0 spiro atoms. The van der Waals surface area contributed by atoms with Crippen LogP contribution in [0, 0.1) is 19.3 Å². The van der Waals surface area contributed by atoms with Gasteiger partial charge < -0.3 is 0 Å². The van der Waals surface area contributed by atoms with Gasteiger partial charge in [-0.15, -0.1) is 6.42 Å². The maximum Gasteiger partial charge on any atom is 0.0594 e. The topological polar surface area (TPSA) is 28.7 Å². The molecule has 0 amide bonds. The SMILES string of the molecule is C#C[C@@H](C)c1cc(C)n[nH]1. The maximum absolute atomic E-state index is 5.22. The number of hydrogen-bond donors (Lipinski definition) is 1. The first kappa shape index (κ1) is 6.88. The fraction of sp³-hybridized carbons (Fsp3) is 0.375. The summed E-state index contributed by atoms with van der Waals surface area (Å²) in [5.74, 6) is 2.76. The normalized spacial score (nSPS) is 12.5. The summed E-state index contributed by atoms with van der Waals surface area (Å²) in [6.07, 6.45) is 5.22. The lowest BCUT2D eigenvalue weighted by Gasteiger charge is -1.95. The molecule has 0 aromatic carbocycles. The lowest BCUT2D eigenvalue weighted by Crippen LogP contribution is -1.88. The van der Waals surface area contributed by atoms with Gasteiger partial charge in [-0.3, -0.25) is 5.10 Å². The zero-order valence-corrected chi connectivity index (χ0v) is 6.18. The number of nitrogens with one attached hydrogen (secondary N) is 1. The van der Waals surface area contributed by atoms with E-state index in [1.165, 1.54) is 0 Å². The highest BCUT2D eigenvalue weighted by Gasteiger charge is 2.02. The molecule has 0 saturated carbocycles. The molecule has 52 valence electrons. The molecule has 0 bridgehead atoms. The number of H-pyrrole nitrogens is 1. The van der Waals surface area contributed by atoms with Crippen LogP contribution in [0.25, 0.3) is 0 Å². The maximum atomic E-state index is 5.22. The smallest absolute Gasteiger partial charge is 0.0594 e. The summed E-state index contributed by atoms with van der Waals surface area (Å²) in [6.45, 7) is 3.90. The Balaban J connectivity index is 2.87. The van der Waals surface area contributed by atoms with E-state index in [4.69, 9.17) is 6.42 Å². The van der Waals surface area contributed by atoms with Crippen LogP contribution in [0.3, 0.4) is 0 Å².